The highest BCUT2D eigenvalue weighted by Gasteiger charge is 2.22. The zero-order valence-corrected chi connectivity index (χ0v) is 13.2. The van der Waals surface area contributed by atoms with Crippen molar-refractivity contribution in [2.75, 3.05) is 27.2 Å². The van der Waals surface area contributed by atoms with E-state index in [9.17, 15) is 4.79 Å². The van der Waals surface area contributed by atoms with Crippen LogP contribution in [0.3, 0.4) is 0 Å². The summed E-state index contributed by atoms with van der Waals surface area (Å²) in [5.41, 5.74) is 0.640. The first kappa shape index (κ1) is 16.5. The molecule has 1 rings (SSSR count). The molecule has 0 aliphatic heterocycles. The second kappa shape index (κ2) is 7.29. The van der Waals surface area contributed by atoms with Crippen molar-refractivity contribution in [2.24, 2.45) is 0 Å². The third-order valence-corrected chi connectivity index (χ3v) is 2.69. The molecule has 112 valence electrons. The summed E-state index contributed by atoms with van der Waals surface area (Å²) in [6.45, 7) is 7.69. The standard InChI is InChI=1S/C16H26N2O2/c1-16(2,3)20-15(19)18(12-11-17(4)5)13-14-9-7-6-8-10-14/h6-10H,11-13H2,1-5H3. The van der Waals surface area contributed by atoms with Crippen molar-refractivity contribution >= 4 is 6.09 Å². The van der Waals surface area contributed by atoms with E-state index >= 15 is 0 Å². The molecule has 0 atom stereocenters. The quantitative estimate of drug-likeness (QED) is 0.830. The molecular weight excluding hydrogens is 252 g/mol. The number of carbonyl (C=O) groups excluding carboxylic acids is 1. The maximum atomic E-state index is 12.3. The van der Waals surface area contributed by atoms with Crippen molar-refractivity contribution < 1.29 is 9.53 Å². The molecule has 1 amide bonds. The molecule has 0 saturated heterocycles. The van der Waals surface area contributed by atoms with Crippen molar-refractivity contribution in [2.45, 2.75) is 32.9 Å². The summed E-state index contributed by atoms with van der Waals surface area (Å²) in [6.07, 6.45) is -0.261. The minimum Gasteiger partial charge on any atom is -0.444 e. The van der Waals surface area contributed by atoms with E-state index in [1.54, 1.807) is 4.90 Å². The van der Waals surface area contributed by atoms with Crippen LogP contribution >= 0.6 is 0 Å². The largest absolute Gasteiger partial charge is 0.444 e. The highest BCUT2D eigenvalue weighted by molar-refractivity contribution is 5.68. The highest BCUT2D eigenvalue weighted by Crippen LogP contribution is 2.12. The van der Waals surface area contributed by atoms with Gasteiger partial charge in [-0.15, -0.1) is 0 Å². The van der Waals surface area contributed by atoms with Gasteiger partial charge in [-0.1, -0.05) is 30.3 Å². The molecule has 0 saturated carbocycles. The number of ether oxygens (including phenoxy) is 1. The van der Waals surface area contributed by atoms with Gasteiger partial charge >= 0.3 is 6.09 Å². The molecule has 1 aromatic rings. The summed E-state index contributed by atoms with van der Waals surface area (Å²) in [7, 11) is 3.99. The van der Waals surface area contributed by atoms with E-state index in [2.05, 4.69) is 4.90 Å². The Kier molecular flexibility index (Phi) is 6.02. The van der Waals surface area contributed by atoms with Gasteiger partial charge in [-0.05, 0) is 40.4 Å². The zero-order chi connectivity index (χ0) is 15.2. The van der Waals surface area contributed by atoms with Crippen LogP contribution in [-0.2, 0) is 11.3 Å². The first-order chi connectivity index (χ1) is 9.28. The topological polar surface area (TPSA) is 32.8 Å². The van der Waals surface area contributed by atoms with Crippen LogP contribution in [0.15, 0.2) is 30.3 Å². The lowest BCUT2D eigenvalue weighted by atomic mass is 10.2. The Morgan fingerprint density at radius 1 is 1.10 bits per heavy atom. The molecule has 0 aliphatic carbocycles. The smallest absolute Gasteiger partial charge is 0.410 e. The van der Waals surface area contributed by atoms with E-state index < -0.39 is 5.60 Å². The second-order valence-corrected chi connectivity index (χ2v) is 6.19. The van der Waals surface area contributed by atoms with E-state index in [0.717, 1.165) is 12.1 Å². The molecule has 4 heteroatoms. The minimum absolute atomic E-state index is 0.261. The minimum atomic E-state index is -0.468. The van der Waals surface area contributed by atoms with E-state index in [-0.39, 0.29) is 6.09 Å². The maximum Gasteiger partial charge on any atom is 0.410 e. The highest BCUT2D eigenvalue weighted by atomic mass is 16.6. The van der Waals surface area contributed by atoms with Gasteiger partial charge in [0.2, 0.25) is 0 Å². The molecule has 0 heterocycles. The molecular formula is C16H26N2O2. The lowest BCUT2D eigenvalue weighted by Crippen LogP contribution is -2.39. The summed E-state index contributed by atoms with van der Waals surface area (Å²) in [6, 6.07) is 9.98. The summed E-state index contributed by atoms with van der Waals surface area (Å²) < 4.78 is 5.47. The van der Waals surface area contributed by atoms with Crippen LogP contribution in [0.1, 0.15) is 26.3 Å². The normalized spacial score (nSPS) is 11.5. The van der Waals surface area contributed by atoms with Crippen LogP contribution in [0.25, 0.3) is 0 Å². The molecule has 0 bridgehead atoms. The molecule has 0 aromatic heterocycles. The average Bonchev–Trinajstić information content (AvgIpc) is 2.33. The van der Waals surface area contributed by atoms with Crippen LogP contribution < -0.4 is 0 Å². The average molecular weight is 278 g/mol. The number of benzene rings is 1. The van der Waals surface area contributed by atoms with Gasteiger partial charge in [-0.2, -0.15) is 0 Å². The van der Waals surface area contributed by atoms with E-state index in [1.807, 2.05) is 65.2 Å². The Hall–Kier alpha value is -1.55. The van der Waals surface area contributed by atoms with E-state index in [0.29, 0.717) is 13.1 Å². The van der Waals surface area contributed by atoms with Crippen LogP contribution in [0, 0.1) is 0 Å². The van der Waals surface area contributed by atoms with Gasteiger partial charge in [0.05, 0.1) is 0 Å². The third-order valence-electron chi connectivity index (χ3n) is 2.69. The lowest BCUT2D eigenvalue weighted by molar-refractivity contribution is 0.0223. The molecule has 0 unspecified atom stereocenters. The summed E-state index contributed by atoms with van der Waals surface area (Å²) >= 11 is 0. The van der Waals surface area contributed by atoms with Gasteiger partial charge in [0.1, 0.15) is 5.60 Å². The van der Waals surface area contributed by atoms with Gasteiger partial charge in [-0.25, -0.2) is 4.79 Å². The predicted octanol–water partition coefficient (Wildman–Crippen LogP) is 2.99. The van der Waals surface area contributed by atoms with Gasteiger partial charge in [0, 0.05) is 19.6 Å². The molecule has 0 aliphatic rings. The van der Waals surface area contributed by atoms with Crippen molar-refractivity contribution in [3.05, 3.63) is 35.9 Å². The van der Waals surface area contributed by atoms with Gasteiger partial charge in [-0.3, -0.25) is 0 Å². The Labute approximate surface area is 122 Å². The van der Waals surface area contributed by atoms with Gasteiger partial charge in [0.25, 0.3) is 0 Å². The first-order valence-electron chi connectivity index (χ1n) is 6.94. The van der Waals surface area contributed by atoms with E-state index in [1.165, 1.54) is 0 Å². The van der Waals surface area contributed by atoms with Crippen molar-refractivity contribution in [1.29, 1.82) is 0 Å². The fourth-order valence-corrected chi connectivity index (χ4v) is 1.69. The zero-order valence-electron chi connectivity index (χ0n) is 13.2. The molecule has 0 radical (unpaired) electrons. The molecule has 0 N–H and O–H groups in total. The van der Waals surface area contributed by atoms with E-state index in [4.69, 9.17) is 4.74 Å². The molecule has 4 nitrogen and oxygen atoms in total. The Morgan fingerprint density at radius 2 is 1.70 bits per heavy atom. The number of carbonyl (C=O) groups is 1. The number of hydrogen-bond acceptors (Lipinski definition) is 3. The Morgan fingerprint density at radius 3 is 2.20 bits per heavy atom. The molecule has 1 aromatic carbocycles. The fraction of sp³-hybridized carbons (Fsp3) is 0.562. The summed E-state index contributed by atoms with van der Waals surface area (Å²) in [4.78, 5) is 16.1. The number of hydrogen-bond donors (Lipinski definition) is 0. The number of likely N-dealkylation sites (N-methyl/N-ethyl adjacent to an activating group) is 1. The maximum absolute atomic E-state index is 12.3. The Balaban J connectivity index is 2.71. The molecule has 20 heavy (non-hydrogen) atoms. The Bertz CT molecular complexity index is 410. The van der Waals surface area contributed by atoms with Crippen molar-refractivity contribution in [3.8, 4) is 0 Å². The fourth-order valence-electron chi connectivity index (χ4n) is 1.69. The molecule has 0 spiro atoms. The number of rotatable bonds is 5. The van der Waals surface area contributed by atoms with Crippen LogP contribution in [-0.4, -0.2) is 48.7 Å². The first-order valence-corrected chi connectivity index (χ1v) is 6.94. The molecule has 0 fully saturated rings. The monoisotopic (exact) mass is 278 g/mol. The number of amides is 1. The van der Waals surface area contributed by atoms with Crippen LogP contribution in [0.2, 0.25) is 0 Å². The van der Waals surface area contributed by atoms with Gasteiger partial charge in [0.15, 0.2) is 0 Å². The summed E-state index contributed by atoms with van der Waals surface area (Å²) in [5.74, 6) is 0. The second-order valence-electron chi connectivity index (χ2n) is 6.19. The van der Waals surface area contributed by atoms with Crippen LogP contribution in [0.5, 0.6) is 0 Å². The SMILES string of the molecule is CN(C)CCN(Cc1ccccc1)C(=O)OC(C)(C)C. The predicted molar refractivity (Wildman–Crippen MR) is 81.6 cm³/mol. The third kappa shape index (κ3) is 6.57. The van der Waals surface area contributed by atoms with Gasteiger partial charge < -0.3 is 14.5 Å². The van der Waals surface area contributed by atoms with Crippen molar-refractivity contribution in [1.82, 2.24) is 9.80 Å². The lowest BCUT2D eigenvalue weighted by Gasteiger charge is -2.28. The van der Waals surface area contributed by atoms with Crippen molar-refractivity contribution in [3.63, 3.8) is 0 Å². The summed E-state index contributed by atoms with van der Waals surface area (Å²) in [5, 5.41) is 0. The number of nitrogens with zero attached hydrogens (tertiary/aromatic N) is 2. The van der Waals surface area contributed by atoms with Crippen LogP contribution in [0.4, 0.5) is 4.79 Å².